The summed E-state index contributed by atoms with van der Waals surface area (Å²) in [6.45, 7) is -2.52. The first-order valence-electron chi connectivity index (χ1n) is 1.93. The van der Waals surface area contributed by atoms with Crippen LogP contribution in [-0.4, -0.2) is 14.8 Å². The average molecular weight is 119 g/mol. The highest BCUT2D eigenvalue weighted by atomic mass is 19.3. The van der Waals surface area contributed by atoms with Gasteiger partial charge >= 0.3 is 6.55 Å². The van der Waals surface area contributed by atoms with Gasteiger partial charge in [0.2, 0.25) is 0 Å². The molecular formula is C3H3F2N3. The third-order valence-corrected chi connectivity index (χ3v) is 0.662. The predicted octanol–water partition coefficient (Wildman–Crippen LogP) is 0.673. The second-order valence-electron chi connectivity index (χ2n) is 1.19. The molecule has 0 aromatic carbocycles. The van der Waals surface area contributed by atoms with E-state index in [0.29, 0.717) is 4.57 Å². The highest BCUT2D eigenvalue weighted by molar-refractivity contribution is 4.58. The minimum absolute atomic E-state index is 0.611. The molecule has 0 saturated carbocycles. The number of halogens is 2. The smallest absolute Gasteiger partial charge is 0.262 e. The molecule has 0 fully saturated rings. The van der Waals surface area contributed by atoms with Crippen LogP contribution in [0.25, 0.3) is 0 Å². The van der Waals surface area contributed by atoms with Crippen LogP contribution < -0.4 is 0 Å². The molecule has 0 aliphatic heterocycles. The Hall–Kier alpha value is -1.00. The first-order valence-corrected chi connectivity index (χ1v) is 1.93. The van der Waals surface area contributed by atoms with Crippen molar-refractivity contribution >= 4 is 0 Å². The van der Waals surface area contributed by atoms with Gasteiger partial charge in [-0.15, -0.1) is 10.2 Å². The molecule has 0 atom stereocenters. The van der Waals surface area contributed by atoms with Gasteiger partial charge in [0.1, 0.15) is 12.7 Å². The van der Waals surface area contributed by atoms with Gasteiger partial charge in [0, 0.05) is 0 Å². The van der Waals surface area contributed by atoms with Crippen LogP contribution in [-0.2, 0) is 0 Å². The van der Waals surface area contributed by atoms with Crippen LogP contribution in [0.1, 0.15) is 6.55 Å². The van der Waals surface area contributed by atoms with Gasteiger partial charge in [-0.05, 0) is 0 Å². The molecule has 0 unspecified atom stereocenters. The molecule has 5 heteroatoms. The van der Waals surface area contributed by atoms with Crippen molar-refractivity contribution in [3.8, 4) is 0 Å². The zero-order valence-corrected chi connectivity index (χ0v) is 3.83. The topological polar surface area (TPSA) is 30.7 Å². The zero-order valence-electron chi connectivity index (χ0n) is 3.83. The Morgan fingerprint density at radius 3 is 2.00 bits per heavy atom. The minimum atomic E-state index is -2.52. The maximum absolute atomic E-state index is 11.5. The van der Waals surface area contributed by atoms with Crippen molar-refractivity contribution in [1.82, 2.24) is 14.8 Å². The fourth-order valence-corrected chi connectivity index (χ4v) is 0.309. The van der Waals surface area contributed by atoms with Crippen LogP contribution in [0.2, 0.25) is 0 Å². The van der Waals surface area contributed by atoms with Gasteiger partial charge in [0.25, 0.3) is 0 Å². The molecule has 1 rings (SSSR count). The number of nitrogens with zero attached hydrogens (tertiary/aromatic N) is 3. The Bertz CT molecular complexity index is 148. The normalized spacial score (nSPS) is 10.4. The standard InChI is InChI=1S/C3H3F2N3/c4-3(5)8-1-6-7-2-8/h1-3H. The molecule has 3 nitrogen and oxygen atoms in total. The van der Waals surface area contributed by atoms with Gasteiger partial charge in [-0.1, -0.05) is 0 Å². The lowest BCUT2D eigenvalue weighted by Gasteiger charge is -1.92. The molecule has 0 aliphatic rings. The Labute approximate surface area is 44.0 Å². The van der Waals surface area contributed by atoms with E-state index in [4.69, 9.17) is 0 Å². The third kappa shape index (κ3) is 0.800. The molecule has 0 radical (unpaired) electrons. The van der Waals surface area contributed by atoms with E-state index in [1.54, 1.807) is 0 Å². The first kappa shape index (κ1) is 5.14. The third-order valence-electron chi connectivity index (χ3n) is 0.662. The fourth-order valence-electron chi connectivity index (χ4n) is 0.309. The number of alkyl halides is 2. The van der Waals surface area contributed by atoms with Gasteiger partial charge in [-0.25, -0.2) is 0 Å². The van der Waals surface area contributed by atoms with Crippen molar-refractivity contribution in [1.29, 1.82) is 0 Å². The average Bonchev–Trinajstić information content (AvgIpc) is 2.12. The summed E-state index contributed by atoms with van der Waals surface area (Å²) >= 11 is 0. The SMILES string of the molecule is FC(F)n1cnnc1. The van der Waals surface area contributed by atoms with Gasteiger partial charge < -0.3 is 0 Å². The molecule has 8 heavy (non-hydrogen) atoms. The van der Waals surface area contributed by atoms with Crippen LogP contribution in [0.5, 0.6) is 0 Å². The highest BCUT2D eigenvalue weighted by Crippen LogP contribution is 2.05. The number of aromatic nitrogens is 3. The van der Waals surface area contributed by atoms with Crippen molar-refractivity contribution in [3.63, 3.8) is 0 Å². The molecular weight excluding hydrogens is 116 g/mol. The molecule has 0 amide bonds. The van der Waals surface area contributed by atoms with Gasteiger partial charge in [0.15, 0.2) is 0 Å². The summed E-state index contributed by atoms with van der Waals surface area (Å²) in [6.07, 6.45) is 1.93. The maximum Gasteiger partial charge on any atom is 0.320 e. The summed E-state index contributed by atoms with van der Waals surface area (Å²) in [4.78, 5) is 0. The van der Waals surface area contributed by atoms with E-state index in [1.165, 1.54) is 0 Å². The van der Waals surface area contributed by atoms with E-state index in [-0.39, 0.29) is 0 Å². The van der Waals surface area contributed by atoms with E-state index in [9.17, 15) is 8.78 Å². The first-order chi connectivity index (χ1) is 3.80. The maximum atomic E-state index is 11.5. The molecule has 1 aromatic heterocycles. The lowest BCUT2D eigenvalue weighted by atomic mass is 11.0. The van der Waals surface area contributed by atoms with E-state index in [0.717, 1.165) is 12.7 Å². The van der Waals surface area contributed by atoms with Gasteiger partial charge in [-0.3, -0.25) is 4.57 Å². The van der Waals surface area contributed by atoms with Crippen LogP contribution >= 0.6 is 0 Å². The van der Waals surface area contributed by atoms with Gasteiger partial charge in [-0.2, -0.15) is 8.78 Å². The molecule has 1 aromatic rings. The predicted molar refractivity (Wildman–Crippen MR) is 21.3 cm³/mol. The van der Waals surface area contributed by atoms with Crippen molar-refractivity contribution in [2.24, 2.45) is 0 Å². The zero-order chi connectivity index (χ0) is 5.98. The second-order valence-corrected chi connectivity index (χ2v) is 1.19. The van der Waals surface area contributed by atoms with Crippen LogP contribution in [0.15, 0.2) is 12.7 Å². The highest BCUT2D eigenvalue weighted by Gasteiger charge is 2.01. The van der Waals surface area contributed by atoms with Crippen molar-refractivity contribution in [2.45, 2.75) is 6.55 Å². The molecule has 0 saturated heterocycles. The van der Waals surface area contributed by atoms with E-state index >= 15 is 0 Å². The van der Waals surface area contributed by atoms with Crippen LogP contribution in [0.4, 0.5) is 8.78 Å². The molecule has 0 spiro atoms. The summed E-state index contributed by atoms with van der Waals surface area (Å²) in [7, 11) is 0. The van der Waals surface area contributed by atoms with E-state index in [2.05, 4.69) is 10.2 Å². The number of rotatable bonds is 1. The minimum Gasteiger partial charge on any atom is -0.262 e. The Morgan fingerprint density at radius 1 is 1.25 bits per heavy atom. The number of hydrogen-bond donors (Lipinski definition) is 0. The lowest BCUT2D eigenvalue weighted by molar-refractivity contribution is 0.0698. The van der Waals surface area contributed by atoms with Crippen molar-refractivity contribution in [2.75, 3.05) is 0 Å². The van der Waals surface area contributed by atoms with Crippen molar-refractivity contribution < 1.29 is 8.78 Å². The Morgan fingerprint density at radius 2 is 1.75 bits per heavy atom. The molecule has 0 N–H and O–H groups in total. The molecule has 0 bridgehead atoms. The summed E-state index contributed by atoms with van der Waals surface area (Å²) < 4.78 is 23.6. The van der Waals surface area contributed by atoms with Crippen molar-refractivity contribution in [3.05, 3.63) is 12.7 Å². The summed E-state index contributed by atoms with van der Waals surface area (Å²) in [6, 6.07) is 0. The fraction of sp³-hybridized carbons (Fsp3) is 0.333. The molecule has 1 heterocycles. The van der Waals surface area contributed by atoms with Crippen LogP contribution in [0, 0.1) is 0 Å². The second kappa shape index (κ2) is 1.85. The monoisotopic (exact) mass is 119 g/mol. The molecule has 0 aliphatic carbocycles. The lowest BCUT2D eigenvalue weighted by Crippen LogP contribution is -1.91. The molecule has 44 valence electrons. The van der Waals surface area contributed by atoms with E-state index in [1.807, 2.05) is 0 Å². The summed E-state index contributed by atoms with van der Waals surface area (Å²) in [5, 5.41) is 6.35. The number of hydrogen-bond acceptors (Lipinski definition) is 2. The largest absolute Gasteiger partial charge is 0.320 e. The van der Waals surface area contributed by atoms with Crippen LogP contribution in [0.3, 0.4) is 0 Å². The van der Waals surface area contributed by atoms with Gasteiger partial charge in [0.05, 0.1) is 0 Å². The quantitative estimate of drug-likeness (QED) is 0.544. The summed E-state index contributed by atoms with van der Waals surface area (Å²) in [5.74, 6) is 0. The summed E-state index contributed by atoms with van der Waals surface area (Å²) in [5.41, 5.74) is 0. The Balaban J connectivity index is 2.77. The van der Waals surface area contributed by atoms with E-state index < -0.39 is 6.55 Å². The Kier molecular flexibility index (Phi) is 1.19.